The maximum Gasteiger partial charge on any atom is 0.265 e. The number of carbonyl (C=O) groups is 1. The number of amides is 1. The Morgan fingerprint density at radius 3 is 2.55 bits per heavy atom. The maximum absolute atomic E-state index is 12.9. The third-order valence-corrected chi connectivity index (χ3v) is 9.08. The average Bonchev–Trinajstić information content (AvgIpc) is 3.42. The average molecular weight is 487 g/mol. The number of ether oxygens (including phenoxy) is 1. The number of nitrogens with zero attached hydrogens (tertiary/aromatic N) is 2. The van der Waals surface area contributed by atoms with Gasteiger partial charge in [0.15, 0.2) is 9.84 Å². The van der Waals surface area contributed by atoms with Crippen LogP contribution in [0.2, 0.25) is 0 Å². The molecule has 1 aliphatic rings. The molecule has 0 saturated carbocycles. The molecule has 0 atom stereocenters. The molecule has 1 aromatic carbocycles. The van der Waals surface area contributed by atoms with Gasteiger partial charge in [-0.3, -0.25) is 4.79 Å². The number of hydrogen-bond donors (Lipinski definition) is 0. The Balaban J connectivity index is 1.57. The minimum Gasteiger partial charge on any atom is -0.493 e. The minimum atomic E-state index is -3.66. The highest BCUT2D eigenvalue weighted by molar-refractivity contribution is 7.90. The van der Waals surface area contributed by atoms with Crippen LogP contribution in [-0.4, -0.2) is 71.5 Å². The van der Waals surface area contributed by atoms with Gasteiger partial charge in [-0.25, -0.2) is 16.8 Å². The maximum atomic E-state index is 12.9. The second kappa shape index (κ2) is 9.68. The lowest BCUT2D eigenvalue weighted by molar-refractivity contribution is 0.0789. The molecule has 8 nitrogen and oxygen atoms in total. The van der Waals surface area contributed by atoms with E-state index in [0.717, 1.165) is 30.4 Å². The van der Waals surface area contributed by atoms with E-state index in [9.17, 15) is 21.6 Å². The predicted molar refractivity (Wildman–Crippen MR) is 119 cm³/mol. The zero-order valence-corrected chi connectivity index (χ0v) is 19.9. The molecule has 0 unspecified atom stereocenters. The number of carbonyl (C=O) groups excluding carboxylic acids is 1. The van der Waals surface area contributed by atoms with Crippen LogP contribution in [0.5, 0.6) is 5.75 Å². The Morgan fingerprint density at radius 1 is 1.16 bits per heavy atom. The normalized spacial score (nSPS) is 15.2. The Hall–Kier alpha value is -1.95. The van der Waals surface area contributed by atoms with Gasteiger partial charge in [-0.05, 0) is 48.9 Å². The first-order chi connectivity index (χ1) is 14.6. The van der Waals surface area contributed by atoms with Crippen LogP contribution in [0.4, 0.5) is 0 Å². The summed E-state index contributed by atoms with van der Waals surface area (Å²) in [5, 5.41) is 1.63. The topological polar surface area (TPSA) is 101 Å². The van der Waals surface area contributed by atoms with Crippen LogP contribution in [0.25, 0.3) is 0 Å². The molecule has 0 spiro atoms. The Bertz CT molecular complexity index is 1140. The van der Waals surface area contributed by atoms with Crippen LogP contribution < -0.4 is 4.74 Å². The lowest BCUT2D eigenvalue weighted by atomic mass is 10.3. The molecule has 2 heterocycles. The van der Waals surface area contributed by atoms with E-state index in [1.165, 1.54) is 27.4 Å². The first-order valence-electron chi connectivity index (χ1n) is 9.87. The third-order valence-electron chi connectivity index (χ3n) is 4.99. The van der Waals surface area contributed by atoms with Gasteiger partial charge in [0.05, 0.1) is 11.5 Å². The second-order valence-corrected chi connectivity index (χ2v) is 12.2. The number of sulfone groups is 1. The first kappa shape index (κ1) is 23.7. The van der Waals surface area contributed by atoms with E-state index in [1.807, 2.05) is 0 Å². The molecular weight excluding hydrogens is 460 g/mol. The molecule has 3 rings (SSSR count). The molecule has 0 aliphatic carbocycles. The second-order valence-electron chi connectivity index (χ2n) is 7.40. The summed E-state index contributed by atoms with van der Waals surface area (Å²) in [6.45, 7) is 1.62. The molecule has 1 aliphatic heterocycles. The van der Waals surface area contributed by atoms with Crippen LogP contribution in [0, 0.1) is 0 Å². The summed E-state index contributed by atoms with van der Waals surface area (Å²) in [6, 6.07) is 7.75. The van der Waals surface area contributed by atoms with Gasteiger partial charge >= 0.3 is 0 Å². The SMILES string of the molecule is CN(CCCOc1cccc(S(C)(=O)=O)c1)C(=O)c1sccc1S(=O)(=O)N1CCCC1. The Labute approximate surface area is 187 Å². The summed E-state index contributed by atoms with van der Waals surface area (Å²) in [7, 11) is -5.35. The standard InChI is InChI=1S/C20H26N2O6S3/c1-21(10-6-13-28-16-7-5-8-17(15-16)30(2,24)25)20(23)19-18(9-14-29-19)31(26,27)22-11-3-4-12-22/h5,7-9,14-15H,3-4,6,10-13H2,1-2H3. The summed E-state index contributed by atoms with van der Waals surface area (Å²) in [6.07, 6.45) is 3.31. The number of hydrogen-bond acceptors (Lipinski definition) is 7. The van der Waals surface area contributed by atoms with Crippen LogP contribution in [0.15, 0.2) is 45.5 Å². The minimum absolute atomic E-state index is 0.0742. The molecule has 1 aromatic heterocycles. The van der Waals surface area contributed by atoms with Crippen molar-refractivity contribution < 1.29 is 26.4 Å². The van der Waals surface area contributed by atoms with Crippen LogP contribution in [-0.2, 0) is 19.9 Å². The number of thiophene rings is 1. The summed E-state index contributed by atoms with van der Waals surface area (Å²) in [5.41, 5.74) is 0. The summed E-state index contributed by atoms with van der Waals surface area (Å²) < 4.78 is 56.0. The molecule has 31 heavy (non-hydrogen) atoms. The van der Waals surface area contributed by atoms with Crippen molar-refractivity contribution in [2.45, 2.75) is 29.1 Å². The highest BCUT2D eigenvalue weighted by Crippen LogP contribution is 2.28. The quantitative estimate of drug-likeness (QED) is 0.505. The molecule has 11 heteroatoms. The van der Waals surface area contributed by atoms with Crippen LogP contribution in [0.3, 0.4) is 0 Å². The van der Waals surface area contributed by atoms with Crippen molar-refractivity contribution in [1.29, 1.82) is 0 Å². The van der Waals surface area contributed by atoms with Crippen molar-refractivity contribution in [3.8, 4) is 5.75 Å². The predicted octanol–water partition coefficient (Wildman–Crippen LogP) is 2.48. The van der Waals surface area contributed by atoms with E-state index in [1.54, 1.807) is 24.6 Å². The zero-order valence-electron chi connectivity index (χ0n) is 17.5. The highest BCUT2D eigenvalue weighted by Gasteiger charge is 2.32. The van der Waals surface area contributed by atoms with Gasteiger partial charge in [-0.1, -0.05) is 6.07 Å². The molecule has 170 valence electrons. The molecular formula is C20H26N2O6S3. The van der Waals surface area contributed by atoms with Gasteiger partial charge < -0.3 is 9.64 Å². The summed E-state index contributed by atoms with van der Waals surface area (Å²) in [5.74, 6) is 0.0981. The van der Waals surface area contributed by atoms with E-state index in [4.69, 9.17) is 4.74 Å². The van der Waals surface area contributed by atoms with Crippen molar-refractivity contribution in [2.24, 2.45) is 0 Å². The van der Waals surface area contributed by atoms with Gasteiger partial charge in [0.2, 0.25) is 10.0 Å². The van der Waals surface area contributed by atoms with Gasteiger partial charge in [0.25, 0.3) is 5.91 Å². The third kappa shape index (κ3) is 5.65. The van der Waals surface area contributed by atoms with Gasteiger partial charge in [-0.2, -0.15) is 4.31 Å². The van der Waals surface area contributed by atoms with E-state index >= 15 is 0 Å². The summed E-state index contributed by atoms with van der Waals surface area (Å²) >= 11 is 1.13. The molecule has 2 aromatic rings. The van der Waals surface area contributed by atoms with Gasteiger partial charge in [-0.15, -0.1) is 11.3 Å². The van der Waals surface area contributed by atoms with Crippen molar-refractivity contribution in [1.82, 2.24) is 9.21 Å². The largest absolute Gasteiger partial charge is 0.493 e. The first-order valence-corrected chi connectivity index (χ1v) is 14.1. The fourth-order valence-electron chi connectivity index (χ4n) is 3.29. The fourth-order valence-corrected chi connectivity index (χ4v) is 6.85. The van der Waals surface area contributed by atoms with E-state index in [-0.39, 0.29) is 27.2 Å². The number of rotatable bonds is 9. The summed E-state index contributed by atoms with van der Waals surface area (Å²) in [4.78, 5) is 14.8. The molecule has 0 radical (unpaired) electrons. The molecule has 1 fully saturated rings. The lowest BCUT2D eigenvalue weighted by Gasteiger charge is -2.19. The molecule has 1 saturated heterocycles. The number of benzene rings is 1. The monoisotopic (exact) mass is 486 g/mol. The van der Waals surface area contributed by atoms with Crippen LogP contribution in [0.1, 0.15) is 28.9 Å². The van der Waals surface area contributed by atoms with Crippen molar-refractivity contribution >= 4 is 37.1 Å². The Kier molecular flexibility index (Phi) is 7.40. The van der Waals surface area contributed by atoms with Gasteiger partial charge in [0, 0.05) is 32.9 Å². The van der Waals surface area contributed by atoms with E-state index in [0.29, 0.717) is 31.8 Å². The molecule has 1 amide bonds. The molecule has 0 bridgehead atoms. The fraction of sp³-hybridized carbons (Fsp3) is 0.450. The van der Waals surface area contributed by atoms with Crippen molar-refractivity contribution in [3.05, 3.63) is 40.6 Å². The van der Waals surface area contributed by atoms with Crippen LogP contribution >= 0.6 is 11.3 Å². The Morgan fingerprint density at radius 2 is 1.87 bits per heavy atom. The number of sulfonamides is 1. The van der Waals surface area contributed by atoms with E-state index in [2.05, 4.69) is 0 Å². The van der Waals surface area contributed by atoms with Gasteiger partial charge in [0.1, 0.15) is 15.5 Å². The zero-order chi connectivity index (χ0) is 22.6. The van der Waals surface area contributed by atoms with E-state index < -0.39 is 19.9 Å². The van der Waals surface area contributed by atoms with Crippen molar-refractivity contribution in [3.63, 3.8) is 0 Å². The molecule has 0 N–H and O–H groups in total. The highest BCUT2D eigenvalue weighted by atomic mass is 32.2. The lowest BCUT2D eigenvalue weighted by Crippen LogP contribution is -2.32. The smallest absolute Gasteiger partial charge is 0.265 e. The van der Waals surface area contributed by atoms with Crippen molar-refractivity contribution in [2.75, 3.05) is 39.5 Å².